The number of aromatic amines is 1. The van der Waals surface area contributed by atoms with E-state index < -0.39 is 15.9 Å². The van der Waals surface area contributed by atoms with Crippen LogP contribution in [0.15, 0.2) is 47.4 Å². The van der Waals surface area contributed by atoms with Gasteiger partial charge in [0.15, 0.2) is 5.65 Å². The smallest absolute Gasteiger partial charge is 0.258 e. The van der Waals surface area contributed by atoms with E-state index >= 15 is 0 Å². The fraction of sp³-hybridized carbons (Fsp3) is 0.200. The average molecular weight is 459 g/mol. The van der Waals surface area contributed by atoms with Gasteiger partial charge < -0.3 is 4.98 Å². The van der Waals surface area contributed by atoms with Crippen LogP contribution in [0.25, 0.3) is 22.1 Å². The first-order chi connectivity index (χ1) is 14.8. The maximum absolute atomic E-state index is 12.8. The summed E-state index contributed by atoms with van der Waals surface area (Å²) in [4.78, 5) is 19.9. The fourth-order valence-electron chi connectivity index (χ4n) is 3.25. The van der Waals surface area contributed by atoms with Crippen molar-refractivity contribution in [1.29, 1.82) is 0 Å². The number of fused-ring (bicyclic) bond motifs is 3. The lowest BCUT2D eigenvalue weighted by Gasteiger charge is -2.18. The van der Waals surface area contributed by atoms with Crippen molar-refractivity contribution in [2.45, 2.75) is 18.7 Å². The highest BCUT2D eigenvalue weighted by molar-refractivity contribution is 7.89. The van der Waals surface area contributed by atoms with Crippen molar-refractivity contribution in [2.24, 2.45) is 0 Å². The van der Waals surface area contributed by atoms with E-state index in [1.807, 2.05) is 0 Å². The standard InChI is InChI=1S/C20H19ClN6O3S/c1-3-27(4-2)31(29,30)14-9-10-16-15(11-14)17-18(22-16)23-20(26-25-17)24-19(28)12-5-7-13(21)8-6-12/h5-11H,3-4H2,1-2H3,(H2,22,23,24,26,28). The predicted molar refractivity (Wildman–Crippen MR) is 119 cm³/mol. The van der Waals surface area contributed by atoms with Crippen LogP contribution in [-0.2, 0) is 10.0 Å². The summed E-state index contributed by atoms with van der Waals surface area (Å²) in [5.41, 5.74) is 1.86. The number of aromatic nitrogens is 4. The monoisotopic (exact) mass is 458 g/mol. The topological polar surface area (TPSA) is 121 Å². The van der Waals surface area contributed by atoms with Crippen LogP contribution in [0.3, 0.4) is 0 Å². The molecule has 0 atom stereocenters. The summed E-state index contributed by atoms with van der Waals surface area (Å²) in [5.74, 6) is -0.378. The summed E-state index contributed by atoms with van der Waals surface area (Å²) in [6.07, 6.45) is 0. The zero-order valence-electron chi connectivity index (χ0n) is 16.8. The van der Waals surface area contributed by atoms with Crippen LogP contribution in [-0.4, -0.2) is 51.9 Å². The lowest BCUT2D eigenvalue weighted by molar-refractivity contribution is 0.102. The highest BCUT2D eigenvalue weighted by atomic mass is 35.5. The largest absolute Gasteiger partial charge is 0.338 e. The number of sulfonamides is 1. The van der Waals surface area contributed by atoms with Crippen molar-refractivity contribution in [3.63, 3.8) is 0 Å². The number of benzene rings is 2. The van der Waals surface area contributed by atoms with Crippen LogP contribution < -0.4 is 5.32 Å². The second-order valence-corrected chi connectivity index (χ2v) is 9.09. The minimum absolute atomic E-state index is 0.0231. The summed E-state index contributed by atoms with van der Waals surface area (Å²) in [7, 11) is -3.61. The number of carbonyl (C=O) groups excluding carboxylic acids is 1. The second-order valence-electron chi connectivity index (χ2n) is 6.72. The van der Waals surface area contributed by atoms with Gasteiger partial charge in [0.1, 0.15) is 5.52 Å². The van der Waals surface area contributed by atoms with E-state index in [0.717, 1.165) is 0 Å². The maximum atomic E-state index is 12.8. The van der Waals surface area contributed by atoms with E-state index in [0.29, 0.717) is 45.7 Å². The van der Waals surface area contributed by atoms with Crippen molar-refractivity contribution in [2.75, 3.05) is 18.4 Å². The molecule has 4 aromatic rings. The SMILES string of the molecule is CCN(CC)S(=O)(=O)c1ccc2[nH]c3nc(NC(=O)c4ccc(Cl)cc4)nnc3c2c1. The van der Waals surface area contributed by atoms with Crippen LogP contribution in [0, 0.1) is 0 Å². The molecule has 0 saturated carbocycles. The number of hydrogen-bond donors (Lipinski definition) is 2. The molecule has 0 aliphatic carbocycles. The molecular formula is C20H19ClN6O3S. The van der Waals surface area contributed by atoms with Crippen molar-refractivity contribution in [1.82, 2.24) is 24.5 Å². The summed E-state index contributed by atoms with van der Waals surface area (Å²) >= 11 is 5.84. The molecule has 4 rings (SSSR count). The molecule has 2 aromatic heterocycles. The van der Waals surface area contributed by atoms with Crippen LogP contribution in [0.4, 0.5) is 5.95 Å². The van der Waals surface area contributed by atoms with Gasteiger partial charge in [-0.05, 0) is 42.5 Å². The fourth-order valence-corrected chi connectivity index (χ4v) is 4.86. The highest BCUT2D eigenvalue weighted by Crippen LogP contribution is 2.27. The number of carbonyl (C=O) groups is 1. The third-order valence-electron chi connectivity index (χ3n) is 4.86. The number of rotatable bonds is 6. The Bertz CT molecular complexity index is 1380. The molecular weight excluding hydrogens is 440 g/mol. The minimum Gasteiger partial charge on any atom is -0.338 e. The van der Waals surface area contributed by atoms with Gasteiger partial charge in [-0.25, -0.2) is 8.42 Å². The number of nitrogens with zero attached hydrogens (tertiary/aromatic N) is 4. The summed E-state index contributed by atoms with van der Waals surface area (Å²) < 4.78 is 27.1. The predicted octanol–water partition coefficient (Wildman–Crippen LogP) is 3.44. The summed E-state index contributed by atoms with van der Waals surface area (Å²) in [5, 5.41) is 11.8. The number of amides is 1. The zero-order chi connectivity index (χ0) is 22.2. The van der Waals surface area contributed by atoms with Crippen molar-refractivity contribution >= 4 is 55.5 Å². The first-order valence-corrected chi connectivity index (χ1v) is 11.4. The number of halogens is 1. The van der Waals surface area contributed by atoms with Gasteiger partial charge in [-0.15, -0.1) is 10.2 Å². The van der Waals surface area contributed by atoms with Crippen molar-refractivity contribution in [3.05, 3.63) is 53.1 Å². The Balaban J connectivity index is 1.69. The van der Waals surface area contributed by atoms with E-state index in [-0.39, 0.29) is 10.8 Å². The molecule has 0 unspecified atom stereocenters. The highest BCUT2D eigenvalue weighted by Gasteiger charge is 2.23. The number of H-pyrrole nitrogens is 1. The Hall–Kier alpha value is -3.08. The molecule has 31 heavy (non-hydrogen) atoms. The van der Waals surface area contributed by atoms with Crippen LogP contribution in [0.5, 0.6) is 0 Å². The van der Waals surface area contributed by atoms with Crippen molar-refractivity contribution < 1.29 is 13.2 Å². The number of nitrogens with one attached hydrogen (secondary N) is 2. The van der Waals surface area contributed by atoms with Crippen molar-refractivity contribution in [3.8, 4) is 0 Å². The molecule has 9 nitrogen and oxygen atoms in total. The van der Waals surface area contributed by atoms with E-state index in [9.17, 15) is 13.2 Å². The van der Waals surface area contributed by atoms with Gasteiger partial charge in [-0.3, -0.25) is 10.1 Å². The van der Waals surface area contributed by atoms with E-state index in [2.05, 4.69) is 25.5 Å². The van der Waals surface area contributed by atoms with Gasteiger partial charge in [-0.2, -0.15) is 9.29 Å². The molecule has 2 aromatic carbocycles. The normalized spacial score (nSPS) is 12.0. The molecule has 0 fully saturated rings. The molecule has 11 heteroatoms. The van der Waals surface area contributed by atoms with Crippen LogP contribution in [0.2, 0.25) is 5.02 Å². The van der Waals surface area contributed by atoms with Crippen LogP contribution in [0.1, 0.15) is 24.2 Å². The van der Waals surface area contributed by atoms with Gasteiger partial charge in [0.05, 0.1) is 4.90 Å². The third kappa shape index (κ3) is 3.97. The Labute approximate surface area is 183 Å². The molecule has 160 valence electrons. The lowest BCUT2D eigenvalue weighted by atomic mass is 10.2. The van der Waals surface area contributed by atoms with E-state index in [1.54, 1.807) is 56.3 Å². The summed E-state index contributed by atoms with van der Waals surface area (Å²) in [6, 6.07) is 11.2. The quantitative estimate of drug-likeness (QED) is 0.456. The Morgan fingerprint density at radius 3 is 2.48 bits per heavy atom. The molecule has 0 radical (unpaired) electrons. The van der Waals surface area contributed by atoms with E-state index in [1.165, 1.54) is 4.31 Å². The van der Waals surface area contributed by atoms with Gasteiger partial charge in [0.25, 0.3) is 11.9 Å². The van der Waals surface area contributed by atoms with Gasteiger partial charge in [-0.1, -0.05) is 25.4 Å². The van der Waals surface area contributed by atoms with E-state index in [4.69, 9.17) is 11.6 Å². The molecule has 1 amide bonds. The minimum atomic E-state index is -3.61. The van der Waals surface area contributed by atoms with Gasteiger partial charge in [0, 0.05) is 34.6 Å². The number of hydrogen-bond acceptors (Lipinski definition) is 6. The molecule has 2 N–H and O–H groups in total. The first-order valence-electron chi connectivity index (χ1n) is 9.56. The second kappa shape index (κ2) is 8.22. The van der Waals surface area contributed by atoms with Gasteiger partial charge >= 0.3 is 0 Å². The zero-order valence-corrected chi connectivity index (χ0v) is 18.3. The maximum Gasteiger partial charge on any atom is 0.258 e. The Kier molecular flexibility index (Phi) is 5.61. The first kappa shape index (κ1) is 21.2. The Morgan fingerprint density at radius 2 is 1.81 bits per heavy atom. The number of anilines is 1. The summed E-state index contributed by atoms with van der Waals surface area (Å²) in [6.45, 7) is 4.34. The van der Waals surface area contributed by atoms with Crippen LogP contribution >= 0.6 is 11.6 Å². The molecule has 2 heterocycles. The molecule has 0 saturated heterocycles. The molecule has 0 aliphatic heterocycles. The third-order valence-corrected chi connectivity index (χ3v) is 7.16. The van der Waals surface area contributed by atoms with Gasteiger partial charge in [0.2, 0.25) is 10.0 Å². The lowest BCUT2D eigenvalue weighted by Crippen LogP contribution is -2.30. The molecule has 0 bridgehead atoms. The molecule has 0 aliphatic rings. The molecule has 0 spiro atoms. The Morgan fingerprint density at radius 1 is 1.10 bits per heavy atom. The average Bonchev–Trinajstić information content (AvgIpc) is 3.11.